The number of amides is 2. The van der Waals surface area contributed by atoms with Crippen LogP contribution in [0.25, 0.3) is 0 Å². The molecule has 0 bridgehead atoms. The van der Waals surface area contributed by atoms with E-state index in [4.69, 9.17) is 9.84 Å². The molecule has 0 radical (unpaired) electrons. The van der Waals surface area contributed by atoms with Gasteiger partial charge in [0.15, 0.2) is 0 Å². The molecular formula is C11H20N2O5. The highest BCUT2D eigenvalue weighted by atomic mass is 16.5. The average Bonchev–Trinajstić information content (AvgIpc) is 2.60. The Kier molecular flexibility index (Phi) is 4.53. The highest BCUT2D eigenvalue weighted by Gasteiger charge is 2.32. The van der Waals surface area contributed by atoms with Crippen molar-refractivity contribution in [2.75, 3.05) is 19.8 Å². The third-order valence-electron chi connectivity index (χ3n) is 2.80. The predicted molar refractivity (Wildman–Crippen MR) is 63.3 cm³/mol. The molecule has 104 valence electrons. The minimum absolute atomic E-state index is 0.123. The van der Waals surface area contributed by atoms with Gasteiger partial charge in [0.2, 0.25) is 0 Å². The quantitative estimate of drug-likeness (QED) is 0.542. The minimum atomic E-state index is -1.46. The number of carbonyl (C=O) groups excluding carboxylic acids is 1. The summed E-state index contributed by atoms with van der Waals surface area (Å²) in [5.41, 5.74) is -1.86. The van der Waals surface area contributed by atoms with Crippen LogP contribution in [0.1, 0.15) is 26.7 Å². The highest BCUT2D eigenvalue weighted by Crippen LogP contribution is 2.17. The molecule has 1 saturated heterocycles. The van der Waals surface area contributed by atoms with Gasteiger partial charge in [-0.2, -0.15) is 0 Å². The topological polar surface area (TPSA) is 108 Å². The zero-order valence-electron chi connectivity index (χ0n) is 10.7. The molecule has 0 spiro atoms. The lowest BCUT2D eigenvalue weighted by Gasteiger charge is -2.26. The monoisotopic (exact) mass is 260 g/mol. The van der Waals surface area contributed by atoms with Crippen molar-refractivity contribution in [2.45, 2.75) is 37.8 Å². The van der Waals surface area contributed by atoms with Gasteiger partial charge in [-0.15, -0.1) is 0 Å². The lowest BCUT2D eigenvalue weighted by atomic mass is 10.0. The Morgan fingerprint density at radius 2 is 2.17 bits per heavy atom. The van der Waals surface area contributed by atoms with Gasteiger partial charge < -0.3 is 25.6 Å². The summed E-state index contributed by atoms with van der Waals surface area (Å²) in [5.74, 6) is -1.11. The van der Waals surface area contributed by atoms with Crippen molar-refractivity contribution in [1.82, 2.24) is 10.6 Å². The van der Waals surface area contributed by atoms with Crippen molar-refractivity contribution in [3.05, 3.63) is 0 Å². The largest absolute Gasteiger partial charge is 0.481 e. The van der Waals surface area contributed by atoms with Gasteiger partial charge in [-0.3, -0.25) is 4.79 Å². The van der Waals surface area contributed by atoms with Crippen LogP contribution in [0.15, 0.2) is 0 Å². The first-order valence-electron chi connectivity index (χ1n) is 5.80. The van der Waals surface area contributed by atoms with E-state index >= 15 is 0 Å². The average molecular weight is 260 g/mol. The number of rotatable bonds is 5. The minimum Gasteiger partial charge on any atom is -0.481 e. The van der Waals surface area contributed by atoms with Crippen molar-refractivity contribution in [3.63, 3.8) is 0 Å². The van der Waals surface area contributed by atoms with Gasteiger partial charge in [0.05, 0.1) is 24.2 Å². The Morgan fingerprint density at radius 1 is 1.50 bits per heavy atom. The van der Waals surface area contributed by atoms with Gasteiger partial charge in [0.25, 0.3) is 0 Å². The SMILES string of the molecule is CC(O)(CNC(=O)NC1(C)CCOC1)CC(=O)O. The maximum absolute atomic E-state index is 11.6. The van der Waals surface area contributed by atoms with Crippen molar-refractivity contribution >= 4 is 12.0 Å². The summed E-state index contributed by atoms with van der Waals surface area (Å²) >= 11 is 0. The number of carboxylic acid groups (broad SMARTS) is 1. The lowest BCUT2D eigenvalue weighted by Crippen LogP contribution is -2.53. The van der Waals surface area contributed by atoms with E-state index in [9.17, 15) is 14.7 Å². The number of urea groups is 1. The van der Waals surface area contributed by atoms with Crippen LogP contribution in [0.3, 0.4) is 0 Å². The first-order chi connectivity index (χ1) is 8.22. The molecule has 1 aliphatic rings. The molecule has 7 heteroatoms. The normalized spacial score (nSPS) is 26.4. The number of nitrogens with one attached hydrogen (secondary N) is 2. The smallest absolute Gasteiger partial charge is 0.315 e. The molecule has 18 heavy (non-hydrogen) atoms. The number of carboxylic acids is 1. The number of aliphatic carboxylic acids is 1. The molecule has 0 aromatic carbocycles. The van der Waals surface area contributed by atoms with E-state index in [0.717, 1.165) is 6.42 Å². The second-order valence-corrected chi connectivity index (χ2v) is 5.24. The van der Waals surface area contributed by atoms with Crippen molar-refractivity contribution in [2.24, 2.45) is 0 Å². The van der Waals surface area contributed by atoms with Gasteiger partial charge in [-0.1, -0.05) is 0 Å². The van der Waals surface area contributed by atoms with Gasteiger partial charge in [0, 0.05) is 13.2 Å². The molecule has 2 atom stereocenters. The molecule has 2 unspecified atom stereocenters. The lowest BCUT2D eigenvalue weighted by molar-refractivity contribution is -0.141. The summed E-state index contributed by atoms with van der Waals surface area (Å²) in [6, 6.07) is -0.436. The van der Waals surface area contributed by atoms with E-state index in [1.54, 1.807) is 0 Å². The molecule has 0 aliphatic carbocycles. The van der Waals surface area contributed by atoms with Crippen molar-refractivity contribution in [3.8, 4) is 0 Å². The second-order valence-electron chi connectivity index (χ2n) is 5.24. The van der Waals surface area contributed by atoms with Gasteiger partial charge in [-0.05, 0) is 20.3 Å². The van der Waals surface area contributed by atoms with Crippen LogP contribution in [0, 0.1) is 0 Å². The summed E-state index contributed by atoms with van der Waals surface area (Å²) < 4.78 is 5.19. The molecular weight excluding hydrogens is 240 g/mol. The molecule has 1 heterocycles. The first kappa shape index (κ1) is 14.7. The molecule has 0 aromatic rings. The third kappa shape index (κ3) is 4.89. The van der Waals surface area contributed by atoms with Crippen LogP contribution in [0.2, 0.25) is 0 Å². The molecule has 0 saturated carbocycles. The molecule has 4 N–H and O–H groups in total. The summed E-state index contributed by atoms with van der Waals surface area (Å²) in [6.45, 7) is 4.16. The first-order valence-corrected chi connectivity index (χ1v) is 5.80. The standard InChI is InChI=1S/C11H20N2O5/c1-10(3-4-18-7-10)13-9(16)12-6-11(2,17)5-8(14)15/h17H,3-7H2,1-2H3,(H,14,15)(H2,12,13,16). The van der Waals surface area contributed by atoms with Crippen LogP contribution >= 0.6 is 0 Å². The number of aliphatic hydroxyl groups is 1. The van der Waals surface area contributed by atoms with Gasteiger partial charge >= 0.3 is 12.0 Å². The molecule has 1 aliphatic heterocycles. The van der Waals surface area contributed by atoms with Gasteiger partial charge in [0.1, 0.15) is 0 Å². The Balaban J connectivity index is 2.34. The number of hydrogen-bond donors (Lipinski definition) is 4. The third-order valence-corrected chi connectivity index (χ3v) is 2.80. The maximum Gasteiger partial charge on any atom is 0.315 e. The number of hydrogen-bond acceptors (Lipinski definition) is 4. The fourth-order valence-corrected chi connectivity index (χ4v) is 1.74. The zero-order chi connectivity index (χ0) is 13.8. The Morgan fingerprint density at radius 3 is 2.67 bits per heavy atom. The highest BCUT2D eigenvalue weighted by molar-refractivity contribution is 5.75. The molecule has 2 amide bonds. The second kappa shape index (κ2) is 5.53. The molecule has 0 aromatic heterocycles. The van der Waals surface area contributed by atoms with Crippen LogP contribution in [-0.2, 0) is 9.53 Å². The number of ether oxygens (including phenoxy) is 1. The van der Waals surface area contributed by atoms with Gasteiger partial charge in [-0.25, -0.2) is 4.79 Å². The van der Waals surface area contributed by atoms with Crippen LogP contribution in [0.5, 0.6) is 0 Å². The van der Waals surface area contributed by atoms with E-state index < -0.39 is 29.6 Å². The molecule has 1 fully saturated rings. The molecule has 7 nitrogen and oxygen atoms in total. The van der Waals surface area contributed by atoms with Crippen molar-refractivity contribution in [1.29, 1.82) is 0 Å². The summed E-state index contributed by atoms with van der Waals surface area (Å²) in [5, 5.41) is 23.5. The molecule has 1 rings (SSSR count). The number of carbonyl (C=O) groups is 2. The van der Waals surface area contributed by atoms with Crippen LogP contribution < -0.4 is 10.6 Å². The maximum atomic E-state index is 11.6. The van der Waals surface area contributed by atoms with E-state index in [-0.39, 0.29) is 6.54 Å². The summed E-state index contributed by atoms with van der Waals surface area (Å²) in [6.07, 6.45) is 0.305. The fourth-order valence-electron chi connectivity index (χ4n) is 1.74. The van der Waals surface area contributed by atoms with E-state index in [1.165, 1.54) is 6.92 Å². The summed E-state index contributed by atoms with van der Waals surface area (Å²) in [7, 11) is 0. The Labute approximate surface area is 106 Å². The van der Waals surface area contributed by atoms with E-state index in [1.807, 2.05) is 6.92 Å². The van der Waals surface area contributed by atoms with E-state index in [2.05, 4.69) is 10.6 Å². The Bertz CT molecular complexity index is 323. The Hall–Kier alpha value is -1.34. The fraction of sp³-hybridized carbons (Fsp3) is 0.818. The van der Waals surface area contributed by atoms with Crippen LogP contribution in [0.4, 0.5) is 4.79 Å². The van der Waals surface area contributed by atoms with E-state index in [0.29, 0.717) is 13.2 Å². The summed E-state index contributed by atoms with van der Waals surface area (Å²) in [4.78, 5) is 22.1. The zero-order valence-corrected chi connectivity index (χ0v) is 10.7. The van der Waals surface area contributed by atoms with Crippen LogP contribution in [-0.4, -0.2) is 53.1 Å². The van der Waals surface area contributed by atoms with Crippen molar-refractivity contribution < 1.29 is 24.5 Å². The predicted octanol–water partition coefficient (Wildman–Crippen LogP) is -0.310.